The fraction of sp³-hybridized carbons (Fsp3) is 0. The first kappa shape index (κ1) is 12.0. The zero-order valence-corrected chi connectivity index (χ0v) is 10.4. The second-order valence-corrected chi connectivity index (χ2v) is 3.98. The summed E-state index contributed by atoms with van der Waals surface area (Å²) >= 11 is 0. The van der Waals surface area contributed by atoms with E-state index in [2.05, 4.69) is 15.3 Å². The van der Waals surface area contributed by atoms with E-state index < -0.39 is 0 Å². The van der Waals surface area contributed by atoms with Crippen LogP contribution < -0.4 is 0 Å². The first-order valence-corrected chi connectivity index (χ1v) is 5.96. The molecular weight excluding hydrogens is 256 g/mol. The van der Waals surface area contributed by atoms with Gasteiger partial charge in [-0.05, 0) is 4.86 Å². The van der Waals surface area contributed by atoms with Crippen LogP contribution in [0.3, 0.4) is 0 Å². The molecule has 98 valence electrons. The van der Waals surface area contributed by atoms with Crippen molar-refractivity contribution in [1.82, 2.24) is 10.1 Å². The first-order chi connectivity index (χ1) is 9.83. The fourth-order valence-electron chi connectivity index (χ4n) is 1.65. The normalized spacial score (nSPS) is 11.5. The van der Waals surface area contributed by atoms with Crippen molar-refractivity contribution >= 4 is 11.7 Å². The minimum Gasteiger partial charge on any atom is -0.594 e. The van der Waals surface area contributed by atoms with E-state index in [1.807, 2.05) is 36.4 Å². The minimum atomic E-state index is -0.0808. The topological polar surface area (TPSA) is 77.4 Å². The summed E-state index contributed by atoms with van der Waals surface area (Å²) in [6, 6.07) is 17.8. The van der Waals surface area contributed by atoms with Gasteiger partial charge in [-0.3, -0.25) is 0 Å². The summed E-state index contributed by atoms with van der Waals surface area (Å²) < 4.78 is 4.94. The molecule has 0 bridgehead atoms. The molecule has 1 heterocycles. The van der Waals surface area contributed by atoms with Crippen molar-refractivity contribution in [3.63, 3.8) is 0 Å². The smallest absolute Gasteiger partial charge is 0.409 e. The molecule has 0 N–H and O–H groups in total. The van der Waals surface area contributed by atoms with Crippen LogP contribution in [0, 0.1) is 5.21 Å². The lowest BCUT2D eigenvalue weighted by Gasteiger charge is -1.95. The average molecular weight is 266 g/mol. The molecule has 6 heteroatoms. The minimum absolute atomic E-state index is 0.0808. The standard InChI is InChI=1S/C14H10N4O2/c19-18(12-9-5-2-6-10-12)16-14-15-13(17-20-14)11-7-3-1-4-8-11/h1-10H. The molecule has 0 radical (unpaired) electrons. The molecule has 1 aromatic heterocycles. The number of azo groups is 1. The van der Waals surface area contributed by atoms with Crippen LogP contribution in [0.25, 0.3) is 11.4 Å². The van der Waals surface area contributed by atoms with E-state index in [4.69, 9.17) is 4.52 Å². The van der Waals surface area contributed by atoms with Crippen LogP contribution >= 0.6 is 0 Å². The molecule has 6 nitrogen and oxygen atoms in total. The number of nitrogens with zero attached hydrogens (tertiary/aromatic N) is 4. The van der Waals surface area contributed by atoms with Gasteiger partial charge in [-0.25, -0.2) is 0 Å². The Morgan fingerprint density at radius 2 is 1.60 bits per heavy atom. The highest BCUT2D eigenvalue weighted by molar-refractivity contribution is 5.54. The summed E-state index contributed by atoms with van der Waals surface area (Å²) in [6.45, 7) is 0. The number of hydrogen-bond donors (Lipinski definition) is 0. The lowest BCUT2D eigenvalue weighted by atomic mass is 10.2. The summed E-state index contributed by atoms with van der Waals surface area (Å²) in [5.74, 6) is 0.394. The zero-order chi connectivity index (χ0) is 13.8. The van der Waals surface area contributed by atoms with E-state index >= 15 is 0 Å². The molecule has 3 rings (SSSR count). The lowest BCUT2D eigenvalue weighted by Crippen LogP contribution is -1.89. The maximum Gasteiger partial charge on any atom is 0.409 e. The molecule has 0 saturated carbocycles. The Labute approximate surface area is 114 Å². The molecule has 20 heavy (non-hydrogen) atoms. The van der Waals surface area contributed by atoms with Crippen molar-refractivity contribution in [2.45, 2.75) is 0 Å². The molecular formula is C14H10N4O2. The van der Waals surface area contributed by atoms with Gasteiger partial charge in [0, 0.05) is 17.7 Å². The van der Waals surface area contributed by atoms with Crippen molar-refractivity contribution in [3.8, 4) is 11.4 Å². The summed E-state index contributed by atoms with van der Waals surface area (Å²) in [5, 5.41) is 19.3. The second kappa shape index (κ2) is 5.31. The van der Waals surface area contributed by atoms with Crippen molar-refractivity contribution < 1.29 is 9.38 Å². The Hall–Kier alpha value is -3.02. The predicted molar refractivity (Wildman–Crippen MR) is 71.6 cm³/mol. The largest absolute Gasteiger partial charge is 0.594 e. The zero-order valence-electron chi connectivity index (χ0n) is 10.4. The third kappa shape index (κ3) is 2.54. The van der Waals surface area contributed by atoms with Crippen molar-refractivity contribution in [2.24, 2.45) is 5.11 Å². The summed E-state index contributed by atoms with van der Waals surface area (Å²) in [5.41, 5.74) is 1.20. The monoisotopic (exact) mass is 266 g/mol. The third-order valence-electron chi connectivity index (χ3n) is 2.60. The number of hydrogen-bond acceptors (Lipinski definition) is 5. The highest BCUT2D eigenvalue weighted by atomic mass is 16.5. The third-order valence-corrected chi connectivity index (χ3v) is 2.60. The average Bonchev–Trinajstić information content (AvgIpc) is 2.97. The van der Waals surface area contributed by atoms with E-state index in [0.29, 0.717) is 16.4 Å². The molecule has 0 spiro atoms. The Morgan fingerprint density at radius 3 is 2.30 bits per heavy atom. The highest BCUT2D eigenvalue weighted by Crippen LogP contribution is 2.20. The van der Waals surface area contributed by atoms with Crippen LogP contribution in [0.2, 0.25) is 0 Å². The molecule has 0 unspecified atom stereocenters. The van der Waals surface area contributed by atoms with Gasteiger partial charge in [0.1, 0.15) is 0 Å². The van der Waals surface area contributed by atoms with Crippen LogP contribution in [-0.2, 0) is 0 Å². The molecule has 0 aliphatic rings. The van der Waals surface area contributed by atoms with Crippen molar-refractivity contribution in [2.75, 3.05) is 0 Å². The molecule has 2 aromatic carbocycles. The van der Waals surface area contributed by atoms with Crippen molar-refractivity contribution in [1.29, 1.82) is 0 Å². The molecule has 0 amide bonds. The maximum atomic E-state index is 11.8. The van der Waals surface area contributed by atoms with E-state index in [-0.39, 0.29) is 6.01 Å². The van der Waals surface area contributed by atoms with Gasteiger partial charge < -0.3 is 9.73 Å². The van der Waals surface area contributed by atoms with Gasteiger partial charge in [0.15, 0.2) is 0 Å². The van der Waals surface area contributed by atoms with Crippen LogP contribution in [0.1, 0.15) is 0 Å². The fourth-order valence-corrected chi connectivity index (χ4v) is 1.65. The van der Waals surface area contributed by atoms with Crippen LogP contribution in [0.4, 0.5) is 11.7 Å². The Bertz CT molecular complexity index is 723. The second-order valence-electron chi connectivity index (χ2n) is 3.98. The summed E-state index contributed by atoms with van der Waals surface area (Å²) in [4.78, 5) is 4.51. The van der Waals surface area contributed by atoms with Gasteiger partial charge >= 0.3 is 6.01 Å². The van der Waals surface area contributed by atoms with Crippen LogP contribution in [0.15, 0.2) is 70.3 Å². The van der Waals surface area contributed by atoms with Gasteiger partial charge in [0.2, 0.25) is 11.5 Å². The Morgan fingerprint density at radius 1 is 0.950 bits per heavy atom. The van der Waals surface area contributed by atoms with E-state index in [1.54, 1.807) is 24.3 Å². The SMILES string of the molecule is [O-][N+](=Nc1nc(-c2ccccc2)no1)c1ccccc1. The quantitative estimate of drug-likeness (QED) is 0.411. The van der Waals surface area contributed by atoms with E-state index in [9.17, 15) is 5.21 Å². The van der Waals surface area contributed by atoms with Gasteiger partial charge in [-0.1, -0.05) is 53.7 Å². The van der Waals surface area contributed by atoms with Crippen LogP contribution in [0.5, 0.6) is 0 Å². The van der Waals surface area contributed by atoms with Gasteiger partial charge in [-0.2, -0.15) is 4.98 Å². The van der Waals surface area contributed by atoms with Gasteiger partial charge in [-0.15, -0.1) is 0 Å². The molecule has 0 atom stereocenters. The number of aromatic nitrogens is 2. The molecule has 0 aliphatic carbocycles. The summed E-state index contributed by atoms with van der Waals surface area (Å²) in [6.07, 6.45) is 0. The first-order valence-electron chi connectivity index (χ1n) is 5.96. The highest BCUT2D eigenvalue weighted by Gasteiger charge is 2.11. The molecule has 0 saturated heterocycles. The van der Waals surface area contributed by atoms with Gasteiger partial charge in [0.05, 0.1) is 5.11 Å². The number of benzene rings is 2. The Balaban J connectivity index is 1.88. The van der Waals surface area contributed by atoms with Crippen molar-refractivity contribution in [3.05, 3.63) is 65.9 Å². The molecule has 0 aliphatic heterocycles. The molecule has 0 fully saturated rings. The van der Waals surface area contributed by atoms with Gasteiger partial charge in [0.25, 0.3) is 0 Å². The lowest BCUT2D eigenvalue weighted by molar-refractivity contribution is -0.437. The van der Waals surface area contributed by atoms with E-state index in [1.165, 1.54) is 0 Å². The summed E-state index contributed by atoms with van der Waals surface area (Å²) in [7, 11) is 0. The predicted octanol–water partition coefficient (Wildman–Crippen LogP) is 3.66. The van der Waals surface area contributed by atoms with E-state index in [0.717, 1.165) is 5.56 Å². The molecule has 3 aromatic rings. The number of rotatable bonds is 3. The maximum absolute atomic E-state index is 11.8. The number of para-hydroxylation sites is 1. The van der Waals surface area contributed by atoms with Crippen LogP contribution in [-0.4, -0.2) is 15.0 Å². The Kier molecular flexibility index (Phi) is 3.20.